The molecule has 0 saturated heterocycles. The van der Waals surface area contributed by atoms with Crippen molar-refractivity contribution in [1.29, 1.82) is 0 Å². The maximum atomic E-state index is 10.8. The highest BCUT2D eigenvalue weighted by molar-refractivity contribution is 5.84. The van der Waals surface area contributed by atoms with E-state index in [1.807, 2.05) is 30.3 Å². The summed E-state index contributed by atoms with van der Waals surface area (Å²) in [5, 5.41) is 12.1. The second-order valence-corrected chi connectivity index (χ2v) is 7.80. The van der Waals surface area contributed by atoms with Crippen LogP contribution >= 0.6 is 0 Å². The van der Waals surface area contributed by atoms with Gasteiger partial charge in [0.15, 0.2) is 0 Å². The number of benzene rings is 3. The second-order valence-electron chi connectivity index (χ2n) is 7.80. The molecule has 0 unspecified atom stereocenters. The maximum absolute atomic E-state index is 10.8. The molecule has 0 aliphatic rings. The molecule has 4 rings (SSSR count). The van der Waals surface area contributed by atoms with Crippen molar-refractivity contribution in [3.8, 4) is 0 Å². The summed E-state index contributed by atoms with van der Waals surface area (Å²) in [6.45, 7) is 3.72. The minimum atomic E-state index is -0.515. The molecule has 4 aromatic rings. The van der Waals surface area contributed by atoms with Crippen LogP contribution in [-0.4, -0.2) is 27.7 Å². The van der Waals surface area contributed by atoms with Gasteiger partial charge in [-0.1, -0.05) is 78.9 Å². The van der Waals surface area contributed by atoms with Crippen molar-refractivity contribution in [2.24, 2.45) is 0 Å². The lowest BCUT2D eigenvalue weighted by molar-refractivity contribution is 0.0690. The molecule has 0 aliphatic carbocycles. The van der Waals surface area contributed by atoms with Gasteiger partial charge in [-0.2, -0.15) is 0 Å². The van der Waals surface area contributed by atoms with Crippen LogP contribution in [0.1, 0.15) is 29.7 Å². The van der Waals surface area contributed by atoms with Crippen LogP contribution in [0, 0.1) is 0 Å². The molecule has 3 nitrogen and oxygen atoms in total. The van der Waals surface area contributed by atoms with Crippen LogP contribution in [0.15, 0.2) is 91.1 Å². The predicted octanol–water partition coefficient (Wildman–Crippen LogP) is 5.24. The molecule has 0 amide bonds. The average Bonchev–Trinajstić information content (AvgIpc) is 3.11. The number of likely N-dealkylation sites (N-methyl/N-ethyl adjacent to an activating group) is 1. The number of hydrogen-bond acceptors (Lipinski definition) is 2. The molecule has 0 fully saturated rings. The lowest BCUT2D eigenvalue weighted by Gasteiger charge is -2.29. The minimum Gasteiger partial charge on any atom is -0.387 e. The number of hydrogen-bond donors (Lipinski definition) is 1. The zero-order valence-electron chi connectivity index (χ0n) is 17.1. The fourth-order valence-electron chi connectivity index (χ4n) is 3.94. The quantitative estimate of drug-likeness (QED) is 0.472. The molecule has 148 valence electrons. The number of aliphatic hydroxyl groups is 1. The molecular weight excluding hydrogens is 356 g/mol. The van der Waals surface area contributed by atoms with Gasteiger partial charge in [0.1, 0.15) is 0 Å². The summed E-state index contributed by atoms with van der Waals surface area (Å²) in [5.74, 6) is 0. The largest absolute Gasteiger partial charge is 0.387 e. The summed E-state index contributed by atoms with van der Waals surface area (Å²) >= 11 is 0. The van der Waals surface area contributed by atoms with Gasteiger partial charge in [0, 0.05) is 36.2 Å². The van der Waals surface area contributed by atoms with E-state index in [9.17, 15) is 5.11 Å². The van der Waals surface area contributed by atoms with Gasteiger partial charge in [0.25, 0.3) is 0 Å². The zero-order chi connectivity index (χ0) is 20.2. The SMILES string of the molecule is C[C@H]([C@@H](O)c1ccccc1)N(C)Cc1cn(Cc2ccccc2)c2ccccc12. The van der Waals surface area contributed by atoms with Gasteiger partial charge < -0.3 is 9.67 Å². The van der Waals surface area contributed by atoms with Gasteiger partial charge in [-0.3, -0.25) is 4.90 Å². The number of rotatable bonds is 7. The Labute approximate surface area is 172 Å². The van der Waals surface area contributed by atoms with E-state index in [-0.39, 0.29) is 6.04 Å². The monoisotopic (exact) mass is 384 g/mol. The van der Waals surface area contributed by atoms with Crippen molar-refractivity contribution in [2.75, 3.05) is 7.05 Å². The molecule has 3 heteroatoms. The van der Waals surface area contributed by atoms with Gasteiger partial charge in [0.2, 0.25) is 0 Å². The van der Waals surface area contributed by atoms with Crippen molar-refractivity contribution in [2.45, 2.75) is 32.2 Å². The Morgan fingerprint density at radius 1 is 0.862 bits per heavy atom. The van der Waals surface area contributed by atoms with E-state index >= 15 is 0 Å². The van der Waals surface area contributed by atoms with Crippen LogP contribution < -0.4 is 0 Å². The first kappa shape index (κ1) is 19.4. The smallest absolute Gasteiger partial charge is 0.0942 e. The Kier molecular flexibility index (Phi) is 5.79. The van der Waals surface area contributed by atoms with E-state index in [1.165, 1.54) is 22.0 Å². The van der Waals surface area contributed by atoms with Crippen LogP contribution in [-0.2, 0) is 13.1 Å². The number of fused-ring (bicyclic) bond motifs is 1. The normalized spacial score (nSPS) is 13.7. The molecule has 0 saturated carbocycles. The molecule has 0 bridgehead atoms. The highest BCUT2D eigenvalue weighted by atomic mass is 16.3. The Bertz CT molecular complexity index is 1060. The molecular formula is C26H28N2O. The van der Waals surface area contributed by atoms with Crippen LogP contribution in [0.2, 0.25) is 0 Å². The third kappa shape index (κ3) is 4.26. The fraction of sp³-hybridized carbons (Fsp3) is 0.231. The van der Waals surface area contributed by atoms with E-state index in [0.29, 0.717) is 0 Å². The summed E-state index contributed by atoms with van der Waals surface area (Å²) in [5.41, 5.74) is 4.78. The highest BCUT2D eigenvalue weighted by Gasteiger charge is 2.21. The van der Waals surface area contributed by atoms with Crippen molar-refractivity contribution < 1.29 is 5.11 Å². The summed E-state index contributed by atoms with van der Waals surface area (Å²) in [6, 6.07) is 29.0. The molecule has 1 heterocycles. The van der Waals surface area contributed by atoms with Crippen molar-refractivity contribution in [1.82, 2.24) is 9.47 Å². The molecule has 0 aliphatic heterocycles. The zero-order valence-corrected chi connectivity index (χ0v) is 17.1. The summed E-state index contributed by atoms with van der Waals surface area (Å²) in [6.07, 6.45) is 1.74. The topological polar surface area (TPSA) is 28.4 Å². The third-order valence-electron chi connectivity index (χ3n) is 5.78. The van der Waals surface area contributed by atoms with E-state index in [2.05, 4.69) is 84.2 Å². The Morgan fingerprint density at radius 2 is 1.48 bits per heavy atom. The third-order valence-corrected chi connectivity index (χ3v) is 5.78. The van der Waals surface area contributed by atoms with E-state index in [4.69, 9.17) is 0 Å². The van der Waals surface area contributed by atoms with Crippen molar-refractivity contribution in [3.63, 3.8) is 0 Å². The standard InChI is InChI=1S/C26H28N2O/c1-20(26(29)22-13-7-4-8-14-22)27(2)18-23-19-28(17-21-11-5-3-6-12-21)25-16-10-9-15-24(23)25/h3-16,19-20,26,29H,17-18H2,1-2H3/t20-,26-/m1/s1. The lowest BCUT2D eigenvalue weighted by atomic mass is 10.0. The van der Waals surface area contributed by atoms with Gasteiger partial charge in [-0.25, -0.2) is 0 Å². The van der Waals surface area contributed by atoms with Gasteiger partial charge >= 0.3 is 0 Å². The lowest BCUT2D eigenvalue weighted by Crippen LogP contribution is -2.33. The molecule has 0 spiro atoms. The van der Waals surface area contributed by atoms with Gasteiger partial charge in [0.05, 0.1) is 6.10 Å². The van der Waals surface area contributed by atoms with Crippen LogP contribution in [0.5, 0.6) is 0 Å². The van der Waals surface area contributed by atoms with Crippen molar-refractivity contribution >= 4 is 10.9 Å². The number of nitrogens with zero attached hydrogens (tertiary/aromatic N) is 2. The molecule has 29 heavy (non-hydrogen) atoms. The Balaban J connectivity index is 1.57. The van der Waals surface area contributed by atoms with Crippen LogP contribution in [0.3, 0.4) is 0 Å². The maximum Gasteiger partial charge on any atom is 0.0942 e. The number of para-hydroxylation sites is 1. The summed E-state index contributed by atoms with van der Waals surface area (Å²) in [4.78, 5) is 2.23. The van der Waals surface area contributed by atoms with Crippen molar-refractivity contribution in [3.05, 3.63) is 108 Å². The van der Waals surface area contributed by atoms with E-state index in [0.717, 1.165) is 18.7 Å². The average molecular weight is 385 g/mol. The molecule has 1 N–H and O–H groups in total. The first-order valence-electron chi connectivity index (χ1n) is 10.2. The Morgan fingerprint density at radius 3 is 2.21 bits per heavy atom. The number of aliphatic hydroxyl groups excluding tert-OH is 1. The predicted molar refractivity (Wildman–Crippen MR) is 120 cm³/mol. The van der Waals surface area contributed by atoms with Gasteiger partial charge in [-0.05, 0) is 36.7 Å². The summed E-state index contributed by atoms with van der Waals surface area (Å²) < 4.78 is 2.33. The number of aromatic nitrogens is 1. The Hall–Kier alpha value is -2.88. The molecule has 2 atom stereocenters. The second kappa shape index (κ2) is 8.64. The van der Waals surface area contributed by atoms with Gasteiger partial charge in [-0.15, -0.1) is 0 Å². The van der Waals surface area contributed by atoms with Crippen LogP contribution in [0.4, 0.5) is 0 Å². The summed E-state index contributed by atoms with van der Waals surface area (Å²) in [7, 11) is 2.08. The first-order valence-corrected chi connectivity index (χ1v) is 10.2. The molecule has 1 aromatic heterocycles. The highest BCUT2D eigenvalue weighted by Crippen LogP contribution is 2.26. The van der Waals surface area contributed by atoms with E-state index < -0.39 is 6.10 Å². The minimum absolute atomic E-state index is 0.00800. The van der Waals surface area contributed by atoms with Crippen LogP contribution in [0.25, 0.3) is 10.9 Å². The first-order chi connectivity index (χ1) is 14.1. The fourth-order valence-corrected chi connectivity index (χ4v) is 3.94. The van der Waals surface area contributed by atoms with E-state index in [1.54, 1.807) is 0 Å². The molecule has 0 radical (unpaired) electrons. The molecule has 3 aromatic carbocycles.